The van der Waals surface area contributed by atoms with Crippen molar-refractivity contribution in [1.29, 1.82) is 0 Å². The van der Waals surface area contributed by atoms with Crippen LogP contribution in [-0.4, -0.2) is 28.3 Å². The number of benzene rings is 1. The summed E-state index contributed by atoms with van der Waals surface area (Å²) in [6, 6.07) is 7.81. The van der Waals surface area contributed by atoms with Gasteiger partial charge < -0.3 is 20.2 Å². The van der Waals surface area contributed by atoms with E-state index in [9.17, 15) is 0 Å². The van der Waals surface area contributed by atoms with Crippen molar-refractivity contribution in [2.24, 2.45) is 10.9 Å². The Labute approximate surface area is 111 Å². The van der Waals surface area contributed by atoms with Crippen molar-refractivity contribution in [2.45, 2.75) is 25.5 Å². The summed E-state index contributed by atoms with van der Waals surface area (Å²) in [5, 5.41) is 12.9. The molecule has 2 heterocycles. The van der Waals surface area contributed by atoms with Crippen LogP contribution in [0.4, 0.5) is 0 Å². The Kier molecular flexibility index (Phi) is 3.13. The van der Waals surface area contributed by atoms with Crippen LogP contribution >= 0.6 is 0 Å². The van der Waals surface area contributed by atoms with Crippen LogP contribution in [0.1, 0.15) is 18.4 Å². The Morgan fingerprint density at radius 3 is 3.11 bits per heavy atom. The molecule has 100 valence electrons. The Morgan fingerprint density at radius 1 is 1.47 bits per heavy atom. The van der Waals surface area contributed by atoms with Gasteiger partial charge in [-0.25, -0.2) is 0 Å². The first kappa shape index (κ1) is 12.0. The maximum atomic E-state index is 8.82. The molecular weight excluding hydrogens is 242 g/mol. The molecule has 0 saturated carbocycles. The summed E-state index contributed by atoms with van der Waals surface area (Å²) >= 11 is 0. The van der Waals surface area contributed by atoms with Gasteiger partial charge in [0, 0.05) is 35.8 Å². The molecule has 19 heavy (non-hydrogen) atoms. The predicted octanol–water partition coefficient (Wildman–Crippen LogP) is 1.91. The molecule has 5 nitrogen and oxygen atoms in total. The molecule has 3 rings (SSSR count). The molecule has 2 aromatic rings. The Hall–Kier alpha value is -2.01. The zero-order valence-corrected chi connectivity index (χ0v) is 10.6. The molecule has 1 saturated heterocycles. The number of nitrogens with two attached hydrogens (primary N) is 1. The van der Waals surface area contributed by atoms with Crippen LogP contribution < -0.4 is 5.73 Å². The molecule has 1 aliphatic heterocycles. The number of ether oxygens (including phenoxy) is 1. The van der Waals surface area contributed by atoms with Crippen LogP contribution in [0.5, 0.6) is 0 Å². The van der Waals surface area contributed by atoms with E-state index < -0.39 is 0 Å². The molecule has 0 radical (unpaired) electrons. The van der Waals surface area contributed by atoms with Gasteiger partial charge in [-0.05, 0) is 25.0 Å². The standard InChI is InChI=1S/C14H17N3O2/c15-14(16-18)12-4-1-5-13-11(12)6-7-17(13)9-10-3-2-8-19-10/h1,4-7,10,18H,2-3,8-9H2,(H2,15,16). The van der Waals surface area contributed by atoms with E-state index in [1.807, 2.05) is 30.5 Å². The number of aromatic nitrogens is 1. The third-order valence-electron chi connectivity index (χ3n) is 3.62. The molecule has 0 amide bonds. The van der Waals surface area contributed by atoms with E-state index in [4.69, 9.17) is 15.7 Å². The second-order valence-corrected chi connectivity index (χ2v) is 4.83. The quantitative estimate of drug-likeness (QED) is 0.383. The first-order chi connectivity index (χ1) is 9.29. The summed E-state index contributed by atoms with van der Waals surface area (Å²) in [5.41, 5.74) is 7.54. The minimum atomic E-state index is 0.139. The molecule has 5 heteroatoms. The number of fused-ring (bicyclic) bond motifs is 1. The van der Waals surface area contributed by atoms with Crippen molar-refractivity contribution in [3.05, 3.63) is 36.0 Å². The first-order valence-electron chi connectivity index (χ1n) is 6.47. The SMILES string of the molecule is N/C(=N/O)c1cccc2c1ccn2CC1CCCO1. The zero-order valence-electron chi connectivity index (χ0n) is 10.6. The molecule has 1 aromatic heterocycles. The zero-order chi connectivity index (χ0) is 13.2. The number of amidine groups is 1. The van der Waals surface area contributed by atoms with E-state index in [1.54, 1.807) is 0 Å². The van der Waals surface area contributed by atoms with E-state index >= 15 is 0 Å². The summed E-state index contributed by atoms with van der Waals surface area (Å²) in [6.45, 7) is 1.71. The van der Waals surface area contributed by atoms with Crippen molar-refractivity contribution >= 4 is 16.7 Å². The lowest BCUT2D eigenvalue weighted by atomic mass is 10.1. The number of nitrogens with zero attached hydrogens (tertiary/aromatic N) is 2. The van der Waals surface area contributed by atoms with Gasteiger partial charge in [-0.15, -0.1) is 0 Å². The molecule has 1 unspecified atom stereocenters. The topological polar surface area (TPSA) is 72.8 Å². The number of oxime groups is 1. The fourth-order valence-electron chi connectivity index (χ4n) is 2.67. The summed E-state index contributed by atoms with van der Waals surface area (Å²) in [4.78, 5) is 0. The van der Waals surface area contributed by atoms with E-state index in [0.717, 1.165) is 42.5 Å². The van der Waals surface area contributed by atoms with Crippen LogP contribution in [0.15, 0.2) is 35.6 Å². The molecular formula is C14H17N3O2. The summed E-state index contributed by atoms with van der Waals surface area (Å²) in [6.07, 6.45) is 4.57. The maximum absolute atomic E-state index is 8.82. The van der Waals surface area contributed by atoms with E-state index in [1.165, 1.54) is 0 Å². The van der Waals surface area contributed by atoms with Gasteiger partial charge in [-0.3, -0.25) is 0 Å². The molecule has 0 aliphatic carbocycles. The third kappa shape index (κ3) is 2.17. The van der Waals surface area contributed by atoms with Crippen LogP contribution in [0.2, 0.25) is 0 Å². The average Bonchev–Trinajstić information content (AvgIpc) is 3.08. The van der Waals surface area contributed by atoms with E-state index in [-0.39, 0.29) is 5.84 Å². The molecule has 1 aromatic carbocycles. The fraction of sp³-hybridized carbons (Fsp3) is 0.357. The van der Waals surface area contributed by atoms with Gasteiger partial charge >= 0.3 is 0 Å². The minimum Gasteiger partial charge on any atom is -0.409 e. The fourth-order valence-corrected chi connectivity index (χ4v) is 2.67. The van der Waals surface area contributed by atoms with Crippen molar-refractivity contribution in [3.63, 3.8) is 0 Å². The van der Waals surface area contributed by atoms with Crippen LogP contribution in [-0.2, 0) is 11.3 Å². The smallest absolute Gasteiger partial charge is 0.170 e. The van der Waals surface area contributed by atoms with Crippen LogP contribution in [0.25, 0.3) is 10.9 Å². The lowest BCUT2D eigenvalue weighted by Gasteiger charge is -2.12. The van der Waals surface area contributed by atoms with Gasteiger partial charge in [0.25, 0.3) is 0 Å². The highest BCUT2D eigenvalue weighted by Crippen LogP contribution is 2.22. The second kappa shape index (κ2) is 4.93. The van der Waals surface area contributed by atoms with Gasteiger partial charge in [0.1, 0.15) is 0 Å². The maximum Gasteiger partial charge on any atom is 0.170 e. The van der Waals surface area contributed by atoms with Crippen LogP contribution in [0, 0.1) is 0 Å². The lowest BCUT2D eigenvalue weighted by Crippen LogP contribution is -2.15. The monoisotopic (exact) mass is 259 g/mol. The molecule has 1 fully saturated rings. The summed E-state index contributed by atoms with van der Waals surface area (Å²) in [5.74, 6) is 0.139. The number of hydrogen-bond acceptors (Lipinski definition) is 3. The normalized spacial score (nSPS) is 20.2. The summed E-state index contributed by atoms with van der Waals surface area (Å²) < 4.78 is 7.83. The Bertz CT molecular complexity index is 612. The average molecular weight is 259 g/mol. The van der Waals surface area contributed by atoms with Gasteiger partial charge in [0.05, 0.1) is 6.10 Å². The highest BCUT2D eigenvalue weighted by atomic mass is 16.5. The third-order valence-corrected chi connectivity index (χ3v) is 3.62. The second-order valence-electron chi connectivity index (χ2n) is 4.83. The summed E-state index contributed by atoms with van der Waals surface area (Å²) in [7, 11) is 0. The minimum absolute atomic E-state index is 0.139. The number of hydrogen-bond donors (Lipinski definition) is 2. The van der Waals surface area contributed by atoms with Crippen molar-refractivity contribution in [3.8, 4) is 0 Å². The van der Waals surface area contributed by atoms with Gasteiger partial charge in [0.15, 0.2) is 5.84 Å². The van der Waals surface area contributed by atoms with E-state index in [0.29, 0.717) is 6.10 Å². The van der Waals surface area contributed by atoms with Crippen molar-refractivity contribution in [1.82, 2.24) is 4.57 Å². The van der Waals surface area contributed by atoms with Crippen molar-refractivity contribution in [2.75, 3.05) is 6.61 Å². The molecule has 1 aliphatic rings. The van der Waals surface area contributed by atoms with E-state index in [2.05, 4.69) is 9.72 Å². The van der Waals surface area contributed by atoms with Gasteiger partial charge in [-0.1, -0.05) is 17.3 Å². The largest absolute Gasteiger partial charge is 0.409 e. The Morgan fingerprint density at radius 2 is 2.37 bits per heavy atom. The molecule has 0 spiro atoms. The predicted molar refractivity (Wildman–Crippen MR) is 73.4 cm³/mol. The number of rotatable bonds is 3. The first-order valence-corrected chi connectivity index (χ1v) is 6.47. The van der Waals surface area contributed by atoms with Crippen LogP contribution in [0.3, 0.4) is 0 Å². The Balaban J connectivity index is 1.99. The highest BCUT2D eigenvalue weighted by Gasteiger charge is 2.17. The van der Waals surface area contributed by atoms with Gasteiger partial charge in [0.2, 0.25) is 0 Å². The lowest BCUT2D eigenvalue weighted by molar-refractivity contribution is 0.0980. The molecule has 1 atom stereocenters. The molecule has 3 N–H and O–H groups in total. The highest BCUT2D eigenvalue weighted by molar-refractivity contribution is 6.08. The molecule has 0 bridgehead atoms. The van der Waals surface area contributed by atoms with Gasteiger partial charge in [-0.2, -0.15) is 0 Å². The van der Waals surface area contributed by atoms with Crippen molar-refractivity contribution < 1.29 is 9.94 Å².